The normalized spacial score (nSPS) is 13.8. The predicted octanol–water partition coefficient (Wildman–Crippen LogP) is 1.56. The van der Waals surface area contributed by atoms with E-state index in [1.54, 1.807) is 25.3 Å². The van der Waals surface area contributed by atoms with Crippen molar-refractivity contribution in [2.24, 2.45) is 0 Å². The maximum atomic E-state index is 12.1. The first kappa shape index (κ1) is 12.8. The zero-order valence-corrected chi connectivity index (χ0v) is 11.2. The van der Waals surface area contributed by atoms with E-state index >= 15 is 0 Å². The number of rotatable bonds is 3. The van der Waals surface area contributed by atoms with Gasteiger partial charge in [-0.3, -0.25) is 0 Å². The molecule has 1 N–H and O–H groups in total. The Morgan fingerprint density at radius 2 is 2.40 bits per heavy atom. The molecule has 1 aliphatic rings. The number of hydrogen-bond acceptors (Lipinski definition) is 6. The Hall–Kier alpha value is -2.21. The van der Waals surface area contributed by atoms with Gasteiger partial charge in [0.25, 0.3) is 0 Å². The largest absolute Gasteiger partial charge is 0.461 e. The predicted molar refractivity (Wildman–Crippen MR) is 71.1 cm³/mol. The molecule has 0 spiro atoms. The van der Waals surface area contributed by atoms with Crippen LogP contribution in [0.15, 0.2) is 22.8 Å². The second-order valence-corrected chi connectivity index (χ2v) is 4.45. The Kier molecular flexibility index (Phi) is 3.47. The average Bonchev–Trinajstić information content (AvgIpc) is 3.00. The first-order chi connectivity index (χ1) is 9.79. The summed E-state index contributed by atoms with van der Waals surface area (Å²) in [5.41, 5.74) is 2.04. The van der Waals surface area contributed by atoms with Crippen LogP contribution in [0.3, 0.4) is 0 Å². The Morgan fingerprint density at radius 3 is 3.15 bits per heavy atom. The number of carbonyl (C=O) groups is 1. The lowest BCUT2D eigenvalue weighted by atomic mass is 10.0. The Bertz CT molecular complexity index is 623. The molecular formula is C14H15N3O3. The van der Waals surface area contributed by atoms with Crippen LogP contribution in [0.25, 0.3) is 11.6 Å². The van der Waals surface area contributed by atoms with Crippen molar-refractivity contribution in [3.05, 3.63) is 35.3 Å². The zero-order chi connectivity index (χ0) is 13.9. The fraction of sp³-hybridized carbons (Fsp3) is 0.357. The number of aromatic nitrogens is 2. The molecule has 6 nitrogen and oxygen atoms in total. The van der Waals surface area contributed by atoms with E-state index in [0.29, 0.717) is 30.4 Å². The second-order valence-electron chi connectivity index (χ2n) is 4.45. The van der Waals surface area contributed by atoms with E-state index in [-0.39, 0.29) is 0 Å². The fourth-order valence-corrected chi connectivity index (χ4v) is 2.23. The monoisotopic (exact) mass is 273 g/mol. The van der Waals surface area contributed by atoms with Crippen LogP contribution in [-0.4, -0.2) is 29.1 Å². The molecule has 3 rings (SSSR count). The highest BCUT2D eigenvalue weighted by Crippen LogP contribution is 2.22. The van der Waals surface area contributed by atoms with Gasteiger partial charge in [-0.05, 0) is 19.1 Å². The van der Waals surface area contributed by atoms with E-state index < -0.39 is 5.97 Å². The van der Waals surface area contributed by atoms with Gasteiger partial charge in [-0.1, -0.05) is 0 Å². The quantitative estimate of drug-likeness (QED) is 0.855. The molecule has 0 bridgehead atoms. The van der Waals surface area contributed by atoms with E-state index in [4.69, 9.17) is 9.15 Å². The molecule has 6 heteroatoms. The molecule has 0 saturated heterocycles. The van der Waals surface area contributed by atoms with Gasteiger partial charge in [-0.25, -0.2) is 14.8 Å². The molecule has 3 heterocycles. The highest BCUT2D eigenvalue weighted by atomic mass is 16.5. The number of nitrogens with one attached hydrogen (secondary N) is 1. The molecule has 0 aliphatic carbocycles. The lowest BCUT2D eigenvalue weighted by Gasteiger charge is -2.18. The van der Waals surface area contributed by atoms with Gasteiger partial charge < -0.3 is 14.5 Å². The van der Waals surface area contributed by atoms with Gasteiger partial charge in [0.2, 0.25) is 0 Å². The molecule has 0 fully saturated rings. The van der Waals surface area contributed by atoms with Gasteiger partial charge in [0.1, 0.15) is 0 Å². The number of carbonyl (C=O) groups excluding carboxylic acids is 1. The minimum Gasteiger partial charge on any atom is -0.461 e. The number of hydrogen-bond donors (Lipinski definition) is 1. The van der Waals surface area contributed by atoms with Crippen molar-refractivity contribution in [2.75, 3.05) is 13.2 Å². The first-order valence-corrected chi connectivity index (χ1v) is 6.61. The number of furan rings is 1. The molecule has 0 atom stereocenters. The molecule has 2 aromatic rings. The molecule has 0 unspecified atom stereocenters. The molecule has 20 heavy (non-hydrogen) atoms. The SMILES string of the molecule is CCOC(=O)c1nc(-c2ccco2)nc2c1CNCC2. The summed E-state index contributed by atoms with van der Waals surface area (Å²) in [6.45, 7) is 3.52. The standard InChI is InChI=1S/C14H15N3O3/c1-2-19-14(18)12-9-8-15-6-5-10(9)16-13(17-12)11-4-3-7-20-11/h3-4,7,15H,2,5-6,8H2,1H3. The summed E-state index contributed by atoms with van der Waals surface area (Å²) in [4.78, 5) is 20.9. The van der Waals surface area contributed by atoms with Crippen LogP contribution >= 0.6 is 0 Å². The number of fused-ring (bicyclic) bond motifs is 1. The Labute approximate surface area is 116 Å². The maximum absolute atomic E-state index is 12.1. The molecular weight excluding hydrogens is 258 g/mol. The summed E-state index contributed by atoms with van der Waals surface area (Å²) in [5, 5.41) is 3.22. The molecule has 2 aromatic heterocycles. The second kappa shape index (κ2) is 5.42. The number of esters is 1. The molecule has 1 aliphatic heterocycles. The van der Waals surface area contributed by atoms with Crippen LogP contribution < -0.4 is 5.32 Å². The van der Waals surface area contributed by atoms with Gasteiger partial charge in [0.05, 0.1) is 18.6 Å². The fourth-order valence-electron chi connectivity index (χ4n) is 2.23. The summed E-state index contributed by atoms with van der Waals surface area (Å²) in [5.74, 6) is 0.568. The van der Waals surface area contributed by atoms with Gasteiger partial charge in [0.15, 0.2) is 17.3 Å². The topological polar surface area (TPSA) is 77.2 Å². The van der Waals surface area contributed by atoms with Crippen molar-refractivity contribution in [3.8, 4) is 11.6 Å². The third kappa shape index (κ3) is 2.30. The van der Waals surface area contributed by atoms with E-state index in [1.807, 2.05) is 0 Å². The summed E-state index contributed by atoms with van der Waals surface area (Å²) in [7, 11) is 0. The van der Waals surface area contributed by atoms with Crippen LogP contribution in [0, 0.1) is 0 Å². The highest BCUT2D eigenvalue weighted by Gasteiger charge is 2.23. The van der Waals surface area contributed by atoms with E-state index in [1.165, 1.54) is 0 Å². The van der Waals surface area contributed by atoms with Gasteiger partial charge >= 0.3 is 5.97 Å². The zero-order valence-electron chi connectivity index (χ0n) is 11.2. The van der Waals surface area contributed by atoms with Crippen molar-refractivity contribution in [3.63, 3.8) is 0 Å². The van der Waals surface area contributed by atoms with E-state index in [9.17, 15) is 4.79 Å². The van der Waals surface area contributed by atoms with Gasteiger partial charge in [0, 0.05) is 25.1 Å². The van der Waals surface area contributed by atoms with E-state index in [2.05, 4.69) is 15.3 Å². The van der Waals surface area contributed by atoms with Crippen LogP contribution in [-0.2, 0) is 17.7 Å². The lowest BCUT2D eigenvalue weighted by molar-refractivity contribution is 0.0517. The Balaban J connectivity index is 2.10. The van der Waals surface area contributed by atoms with Crippen LogP contribution in [0.2, 0.25) is 0 Å². The van der Waals surface area contributed by atoms with Gasteiger partial charge in [-0.2, -0.15) is 0 Å². The summed E-state index contributed by atoms with van der Waals surface area (Å²) in [6.07, 6.45) is 2.32. The van der Waals surface area contributed by atoms with E-state index in [0.717, 1.165) is 24.2 Å². The lowest BCUT2D eigenvalue weighted by Crippen LogP contribution is -2.28. The summed E-state index contributed by atoms with van der Waals surface area (Å²) in [6, 6.07) is 3.54. The summed E-state index contributed by atoms with van der Waals surface area (Å²) >= 11 is 0. The van der Waals surface area contributed by atoms with Crippen molar-refractivity contribution < 1.29 is 13.9 Å². The third-order valence-electron chi connectivity index (χ3n) is 3.14. The average molecular weight is 273 g/mol. The molecule has 0 radical (unpaired) electrons. The van der Waals surface area contributed by atoms with Crippen LogP contribution in [0.4, 0.5) is 0 Å². The number of nitrogens with zero attached hydrogens (tertiary/aromatic N) is 2. The highest BCUT2D eigenvalue weighted by molar-refractivity contribution is 5.89. The third-order valence-corrected chi connectivity index (χ3v) is 3.14. The minimum absolute atomic E-state index is 0.321. The smallest absolute Gasteiger partial charge is 0.357 e. The molecule has 0 aromatic carbocycles. The number of ether oxygens (including phenoxy) is 1. The van der Waals surface area contributed by atoms with Crippen molar-refractivity contribution >= 4 is 5.97 Å². The minimum atomic E-state index is -0.414. The van der Waals surface area contributed by atoms with Crippen LogP contribution in [0.5, 0.6) is 0 Å². The molecule has 0 saturated carbocycles. The molecule has 104 valence electrons. The van der Waals surface area contributed by atoms with Crippen molar-refractivity contribution in [1.82, 2.24) is 15.3 Å². The van der Waals surface area contributed by atoms with Crippen molar-refractivity contribution in [1.29, 1.82) is 0 Å². The first-order valence-electron chi connectivity index (χ1n) is 6.61. The Morgan fingerprint density at radius 1 is 1.50 bits per heavy atom. The van der Waals surface area contributed by atoms with Crippen molar-refractivity contribution in [2.45, 2.75) is 19.9 Å². The summed E-state index contributed by atoms with van der Waals surface area (Å²) < 4.78 is 10.4. The maximum Gasteiger partial charge on any atom is 0.357 e. The van der Waals surface area contributed by atoms with Crippen LogP contribution in [0.1, 0.15) is 28.7 Å². The van der Waals surface area contributed by atoms with Gasteiger partial charge in [-0.15, -0.1) is 0 Å². The molecule has 0 amide bonds.